The predicted octanol–water partition coefficient (Wildman–Crippen LogP) is 14.1. The monoisotopic (exact) mass is 733 g/mol. The molecule has 4 nitrogen and oxygen atoms in total. The fraction of sp³-hybridized carbons (Fsp3) is 0. The van der Waals surface area contributed by atoms with Gasteiger partial charge in [-0.25, -0.2) is 15.0 Å². The van der Waals surface area contributed by atoms with Crippen molar-refractivity contribution in [3.63, 3.8) is 0 Å². The molecule has 0 radical (unpaired) electrons. The topological polar surface area (TPSA) is 51.8 Å². The van der Waals surface area contributed by atoms with Crippen molar-refractivity contribution in [1.29, 1.82) is 0 Å². The number of hydrogen-bond donors (Lipinski definition) is 0. The van der Waals surface area contributed by atoms with Crippen molar-refractivity contribution in [1.82, 2.24) is 15.0 Å². The molecule has 11 aromatic rings. The van der Waals surface area contributed by atoms with E-state index in [1.165, 1.54) is 36.9 Å². The summed E-state index contributed by atoms with van der Waals surface area (Å²) in [6.07, 6.45) is 0. The Bertz CT molecular complexity index is 3230. The minimum atomic E-state index is 0.562. The molecule has 0 saturated heterocycles. The first-order valence-electron chi connectivity index (χ1n) is 18.7. The summed E-state index contributed by atoms with van der Waals surface area (Å²) < 4.78 is 9.30. The van der Waals surface area contributed by atoms with E-state index in [9.17, 15) is 0 Å². The number of benzene rings is 8. The molecule has 0 atom stereocenters. The summed E-state index contributed by atoms with van der Waals surface area (Å²) >= 11 is 1.85. The van der Waals surface area contributed by atoms with E-state index in [4.69, 9.17) is 19.4 Å². The maximum Gasteiger partial charge on any atom is 0.167 e. The van der Waals surface area contributed by atoms with Crippen molar-refractivity contribution >= 4 is 53.4 Å². The fourth-order valence-electron chi connectivity index (χ4n) is 7.79. The average molecular weight is 734 g/mol. The molecular weight excluding hydrogens is 703 g/mol. The molecule has 0 saturated carbocycles. The van der Waals surface area contributed by atoms with E-state index in [0.29, 0.717) is 17.5 Å². The summed E-state index contributed by atoms with van der Waals surface area (Å²) in [6, 6.07) is 65.8. The smallest absolute Gasteiger partial charge is 0.167 e. The Labute approximate surface area is 327 Å². The lowest BCUT2D eigenvalue weighted by Crippen LogP contribution is -2.00. The van der Waals surface area contributed by atoms with Crippen LogP contribution in [0.3, 0.4) is 0 Å². The van der Waals surface area contributed by atoms with Gasteiger partial charge in [0, 0.05) is 42.1 Å². The third-order valence-corrected chi connectivity index (χ3v) is 11.7. The first-order valence-corrected chi connectivity index (χ1v) is 19.5. The van der Waals surface area contributed by atoms with Gasteiger partial charge in [0.25, 0.3) is 0 Å². The summed E-state index contributed by atoms with van der Waals surface area (Å²) in [7, 11) is 0. The van der Waals surface area contributed by atoms with E-state index in [0.717, 1.165) is 55.3 Å². The highest BCUT2D eigenvalue weighted by Crippen LogP contribution is 2.44. The van der Waals surface area contributed by atoms with E-state index in [1.807, 2.05) is 53.8 Å². The second-order valence-electron chi connectivity index (χ2n) is 14.0. The number of fused-ring (bicyclic) bond motifs is 6. The summed E-state index contributed by atoms with van der Waals surface area (Å²) in [6.45, 7) is 0. The zero-order chi connectivity index (χ0) is 37.0. The standard InChI is InChI=1S/C51H31N3OS/c1-4-13-32(14-5-1)33-23-25-36(26-24-33)50-52-49(35-17-8-3-9-18-35)53-51(54-50)40-21-12-20-39-43-29-37(27-28-45(43)55-48(39)40)41-30-44-38-19-10-11-22-46(38)56-47(44)31-42(41)34-15-6-2-7-16-34/h1-31H. The lowest BCUT2D eigenvalue weighted by atomic mass is 9.92. The summed E-state index contributed by atoms with van der Waals surface area (Å²) in [4.78, 5) is 15.2. The molecule has 3 heterocycles. The van der Waals surface area contributed by atoms with Gasteiger partial charge in [0.05, 0.1) is 5.56 Å². The lowest BCUT2D eigenvalue weighted by Gasteiger charge is -2.12. The van der Waals surface area contributed by atoms with Crippen LogP contribution < -0.4 is 0 Å². The Kier molecular flexibility index (Phi) is 7.64. The molecule has 11 rings (SSSR count). The minimum Gasteiger partial charge on any atom is -0.455 e. The normalized spacial score (nSPS) is 11.6. The van der Waals surface area contributed by atoms with Crippen LogP contribution in [0.2, 0.25) is 0 Å². The van der Waals surface area contributed by atoms with Gasteiger partial charge in [-0.2, -0.15) is 0 Å². The van der Waals surface area contributed by atoms with Crippen molar-refractivity contribution in [2.45, 2.75) is 0 Å². The summed E-state index contributed by atoms with van der Waals surface area (Å²) in [5.74, 6) is 1.78. The van der Waals surface area contributed by atoms with Crippen LogP contribution in [0.1, 0.15) is 0 Å². The number of para-hydroxylation sites is 1. The zero-order valence-corrected chi connectivity index (χ0v) is 30.9. The lowest BCUT2D eigenvalue weighted by molar-refractivity contribution is 0.669. The quantitative estimate of drug-likeness (QED) is 0.171. The van der Waals surface area contributed by atoms with Gasteiger partial charge in [-0.15, -0.1) is 11.3 Å². The Balaban J connectivity index is 1.07. The van der Waals surface area contributed by atoms with Crippen LogP contribution in [0, 0.1) is 0 Å². The largest absolute Gasteiger partial charge is 0.455 e. The third kappa shape index (κ3) is 5.56. The van der Waals surface area contributed by atoms with E-state index >= 15 is 0 Å². The Morgan fingerprint density at radius 3 is 1.62 bits per heavy atom. The van der Waals surface area contributed by atoms with Crippen LogP contribution in [0.25, 0.3) is 110 Å². The fourth-order valence-corrected chi connectivity index (χ4v) is 8.92. The summed E-state index contributed by atoms with van der Waals surface area (Å²) in [5.41, 5.74) is 11.2. The Hall–Kier alpha value is -7.21. The van der Waals surface area contributed by atoms with Crippen LogP contribution in [-0.2, 0) is 0 Å². The molecular formula is C51H31N3OS. The SMILES string of the molecule is c1ccc(-c2ccc(-c3nc(-c4ccccc4)nc(-c4cccc5c4oc4ccc(-c6cc7c(cc6-c6ccccc6)sc6ccccc67)cc45)n3)cc2)cc1. The van der Waals surface area contributed by atoms with Crippen LogP contribution >= 0.6 is 11.3 Å². The zero-order valence-electron chi connectivity index (χ0n) is 30.1. The average Bonchev–Trinajstić information content (AvgIpc) is 3.84. The number of hydrogen-bond acceptors (Lipinski definition) is 5. The van der Waals surface area contributed by atoms with Crippen molar-refractivity contribution in [2.24, 2.45) is 0 Å². The number of rotatable bonds is 6. The molecule has 0 aliphatic rings. The van der Waals surface area contributed by atoms with E-state index in [2.05, 4.69) is 146 Å². The molecule has 0 unspecified atom stereocenters. The number of furan rings is 1. The molecule has 8 aromatic carbocycles. The summed E-state index contributed by atoms with van der Waals surface area (Å²) in [5, 5.41) is 4.61. The molecule has 56 heavy (non-hydrogen) atoms. The molecule has 5 heteroatoms. The number of aromatic nitrogens is 3. The Morgan fingerprint density at radius 1 is 0.321 bits per heavy atom. The molecule has 0 aliphatic heterocycles. The third-order valence-electron chi connectivity index (χ3n) is 10.6. The molecule has 262 valence electrons. The maximum atomic E-state index is 6.72. The molecule has 0 bridgehead atoms. The predicted molar refractivity (Wildman–Crippen MR) is 233 cm³/mol. The van der Waals surface area contributed by atoms with E-state index < -0.39 is 0 Å². The Morgan fingerprint density at radius 2 is 0.875 bits per heavy atom. The van der Waals surface area contributed by atoms with Gasteiger partial charge in [-0.05, 0) is 69.8 Å². The molecule has 0 N–H and O–H groups in total. The number of thiophene rings is 1. The van der Waals surface area contributed by atoms with Gasteiger partial charge < -0.3 is 4.42 Å². The van der Waals surface area contributed by atoms with Crippen LogP contribution in [0.15, 0.2) is 192 Å². The van der Waals surface area contributed by atoms with Crippen molar-refractivity contribution in [3.05, 3.63) is 188 Å². The van der Waals surface area contributed by atoms with Gasteiger partial charge >= 0.3 is 0 Å². The van der Waals surface area contributed by atoms with Crippen molar-refractivity contribution in [3.8, 4) is 67.5 Å². The highest BCUT2D eigenvalue weighted by atomic mass is 32.1. The number of nitrogens with zero attached hydrogens (tertiary/aromatic N) is 3. The van der Waals surface area contributed by atoms with Crippen molar-refractivity contribution in [2.75, 3.05) is 0 Å². The van der Waals surface area contributed by atoms with Crippen LogP contribution in [0.5, 0.6) is 0 Å². The maximum absolute atomic E-state index is 6.72. The second-order valence-corrected chi connectivity index (χ2v) is 15.1. The van der Waals surface area contributed by atoms with E-state index in [1.54, 1.807) is 0 Å². The molecule has 0 aliphatic carbocycles. The van der Waals surface area contributed by atoms with Gasteiger partial charge in [-0.3, -0.25) is 0 Å². The van der Waals surface area contributed by atoms with Crippen molar-refractivity contribution < 1.29 is 4.42 Å². The highest BCUT2D eigenvalue weighted by Gasteiger charge is 2.20. The highest BCUT2D eigenvalue weighted by molar-refractivity contribution is 7.25. The van der Waals surface area contributed by atoms with Crippen LogP contribution in [-0.4, -0.2) is 15.0 Å². The first-order chi connectivity index (χ1) is 27.7. The van der Waals surface area contributed by atoms with Gasteiger partial charge in [-0.1, -0.05) is 152 Å². The van der Waals surface area contributed by atoms with Gasteiger partial charge in [0.2, 0.25) is 0 Å². The van der Waals surface area contributed by atoms with E-state index in [-0.39, 0.29) is 0 Å². The molecule has 0 spiro atoms. The molecule has 0 fully saturated rings. The molecule has 3 aromatic heterocycles. The second kappa shape index (κ2) is 13.3. The van der Waals surface area contributed by atoms with Crippen LogP contribution in [0.4, 0.5) is 0 Å². The minimum absolute atomic E-state index is 0.562. The first kappa shape index (κ1) is 32.2. The van der Waals surface area contributed by atoms with Gasteiger partial charge in [0.1, 0.15) is 11.2 Å². The van der Waals surface area contributed by atoms with Gasteiger partial charge in [0.15, 0.2) is 17.5 Å². The molecule has 0 amide bonds.